The second-order valence-electron chi connectivity index (χ2n) is 3.31. The van der Waals surface area contributed by atoms with Gasteiger partial charge in [-0.2, -0.15) is 0 Å². The molecule has 1 heterocycles. The van der Waals surface area contributed by atoms with Crippen molar-refractivity contribution in [3.05, 3.63) is 26.4 Å². The first-order chi connectivity index (χ1) is 8.90. The molecule has 0 saturated heterocycles. The van der Waals surface area contributed by atoms with Gasteiger partial charge in [0, 0.05) is 6.21 Å². The molecule has 0 aliphatic carbocycles. The lowest BCUT2D eigenvalue weighted by Gasteiger charge is -1.98. The van der Waals surface area contributed by atoms with E-state index in [1.54, 1.807) is 0 Å². The van der Waals surface area contributed by atoms with E-state index in [2.05, 4.69) is 4.99 Å². The smallest absolute Gasteiger partial charge is 0.328 e. The monoisotopic (exact) mass is 270 g/mol. The number of aliphatic imine (C=N–C) groups is 1. The molecular weight excluding hydrogens is 260 g/mol. The van der Waals surface area contributed by atoms with Crippen molar-refractivity contribution in [3.63, 3.8) is 0 Å². The Morgan fingerprint density at radius 2 is 2.00 bits per heavy atom. The number of aromatic hydroxyl groups is 1. The zero-order valence-corrected chi connectivity index (χ0v) is 9.47. The Bertz CT molecular complexity index is 628. The number of amides is 1. The number of aromatic nitrogens is 2. The Kier molecular flexibility index (Phi) is 4.57. The van der Waals surface area contributed by atoms with Crippen LogP contribution in [0.5, 0.6) is 5.88 Å². The van der Waals surface area contributed by atoms with Gasteiger partial charge in [-0.25, -0.2) is 4.79 Å². The zero-order chi connectivity index (χ0) is 14.4. The van der Waals surface area contributed by atoms with Gasteiger partial charge in [0.05, 0.1) is 0 Å². The standard InChI is InChI=1S/C9H10N4O6/c14-5(11-3-6(15)16)2-10-1-4-7(17)12-9(19)13-8(4)18/h1H,2-3H2,(H,11,14)(H,15,16)(H3,12,13,17,18,19). The molecule has 0 fully saturated rings. The quantitative estimate of drug-likeness (QED) is 0.368. The highest BCUT2D eigenvalue weighted by Gasteiger charge is 2.06. The van der Waals surface area contributed by atoms with Gasteiger partial charge in [-0.05, 0) is 0 Å². The highest BCUT2D eigenvalue weighted by molar-refractivity contribution is 5.86. The van der Waals surface area contributed by atoms with Crippen LogP contribution in [0, 0.1) is 0 Å². The number of carboxylic acid groups (broad SMARTS) is 1. The van der Waals surface area contributed by atoms with Crippen LogP contribution in [0.15, 0.2) is 14.6 Å². The first kappa shape index (κ1) is 14.2. The van der Waals surface area contributed by atoms with Crippen molar-refractivity contribution in [2.24, 2.45) is 4.99 Å². The number of hydrogen-bond acceptors (Lipinski definition) is 6. The first-order valence-electron chi connectivity index (χ1n) is 4.94. The Labute approximate surface area is 104 Å². The average Bonchev–Trinajstić information content (AvgIpc) is 2.29. The van der Waals surface area contributed by atoms with Crippen LogP contribution < -0.4 is 16.6 Å². The molecule has 10 nitrogen and oxygen atoms in total. The summed E-state index contributed by atoms with van der Waals surface area (Å²) in [5, 5.41) is 19.6. The van der Waals surface area contributed by atoms with E-state index in [0.29, 0.717) is 0 Å². The van der Waals surface area contributed by atoms with Crippen LogP contribution in [0.3, 0.4) is 0 Å². The molecule has 1 amide bonds. The second-order valence-corrected chi connectivity index (χ2v) is 3.31. The molecule has 0 unspecified atom stereocenters. The lowest BCUT2D eigenvalue weighted by Crippen LogP contribution is -2.31. The van der Waals surface area contributed by atoms with Crippen molar-refractivity contribution in [2.75, 3.05) is 13.1 Å². The zero-order valence-electron chi connectivity index (χ0n) is 9.47. The summed E-state index contributed by atoms with van der Waals surface area (Å²) in [6, 6.07) is 0. The average molecular weight is 270 g/mol. The molecule has 0 aromatic carbocycles. The maximum Gasteiger partial charge on any atom is 0.328 e. The lowest BCUT2D eigenvalue weighted by atomic mass is 10.3. The molecule has 1 rings (SSSR count). The predicted molar refractivity (Wildman–Crippen MR) is 62.5 cm³/mol. The van der Waals surface area contributed by atoms with E-state index in [1.807, 2.05) is 15.3 Å². The topological polar surface area (TPSA) is 165 Å². The van der Waals surface area contributed by atoms with Crippen molar-refractivity contribution in [1.82, 2.24) is 15.3 Å². The van der Waals surface area contributed by atoms with Crippen molar-refractivity contribution < 1.29 is 19.8 Å². The van der Waals surface area contributed by atoms with Gasteiger partial charge in [0.25, 0.3) is 5.56 Å². The van der Waals surface area contributed by atoms with Gasteiger partial charge in [0.2, 0.25) is 11.8 Å². The van der Waals surface area contributed by atoms with E-state index in [0.717, 1.165) is 6.21 Å². The van der Waals surface area contributed by atoms with Crippen LogP contribution in [0.2, 0.25) is 0 Å². The van der Waals surface area contributed by atoms with Gasteiger partial charge in [0.1, 0.15) is 18.7 Å². The molecular formula is C9H10N4O6. The van der Waals surface area contributed by atoms with Crippen molar-refractivity contribution in [1.29, 1.82) is 0 Å². The molecule has 10 heteroatoms. The van der Waals surface area contributed by atoms with Crippen LogP contribution in [-0.2, 0) is 9.59 Å². The second kappa shape index (κ2) is 6.14. The Morgan fingerprint density at radius 3 is 2.58 bits per heavy atom. The number of carboxylic acids is 1. The van der Waals surface area contributed by atoms with Gasteiger partial charge in [-0.1, -0.05) is 0 Å². The van der Waals surface area contributed by atoms with Crippen molar-refractivity contribution in [2.45, 2.75) is 0 Å². The summed E-state index contributed by atoms with van der Waals surface area (Å²) in [6.07, 6.45) is 0.893. The molecule has 0 aliphatic rings. The minimum Gasteiger partial charge on any atom is -0.494 e. The number of hydrogen-bond donors (Lipinski definition) is 5. The molecule has 0 atom stereocenters. The number of H-pyrrole nitrogens is 2. The number of nitrogens with one attached hydrogen (secondary N) is 3. The summed E-state index contributed by atoms with van der Waals surface area (Å²) in [6.45, 7) is -0.968. The van der Waals surface area contributed by atoms with Crippen LogP contribution in [0.4, 0.5) is 0 Å². The molecule has 0 saturated carbocycles. The van der Waals surface area contributed by atoms with Gasteiger partial charge in [-0.15, -0.1) is 0 Å². The predicted octanol–water partition coefficient (Wildman–Crippen LogP) is -2.61. The number of rotatable bonds is 5. The van der Waals surface area contributed by atoms with E-state index in [4.69, 9.17) is 5.11 Å². The van der Waals surface area contributed by atoms with Crippen LogP contribution in [0.25, 0.3) is 0 Å². The summed E-state index contributed by atoms with van der Waals surface area (Å²) in [5.41, 5.74) is -2.06. The molecule has 102 valence electrons. The summed E-state index contributed by atoms with van der Waals surface area (Å²) < 4.78 is 0. The SMILES string of the molecule is O=C(O)CNC(=O)CN=Cc1c(O)[nH]c(=O)[nH]c1=O. The number of aliphatic carboxylic acids is 1. The van der Waals surface area contributed by atoms with E-state index in [9.17, 15) is 24.3 Å². The molecule has 5 N–H and O–H groups in total. The lowest BCUT2D eigenvalue weighted by molar-refractivity contribution is -0.137. The summed E-state index contributed by atoms with van der Waals surface area (Å²) in [4.78, 5) is 50.6. The fourth-order valence-corrected chi connectivity index (χ4v) is 1.05. The van der Waals surface area contributed by atoms with Gasteiger partial charge in [0.15, 0.2) is 0 Å². The third kappa shape index (κ3) is 4.46. The summed E-state index contributed by atoms with van der Waals surface area (Å²) in [7, 11) is 0. The minimum atomic E-state index is -1.20. The van der Waals surface area contributed by atoms with E-state index < -0.39 is 42.1 Å². The van der Waals surface area contributed by atoms with E-state index in [-0.39, 0.29) is 5.56 Å². The molecule has 0 spiro atoms. The van der Waals surface area contributed by atoms with Gasteiger partial charge in [-0.3, -0.25) is 29.3 Å². The summed E-state index contributed by atoms with van der Waals surface area (Å²) in [5.74, 6) is -2.55. The van der Waals surface area contributed by atoms with E-state index in [1.165, 1.54) is 0 Å². The Hall–Kier alpha value is -2.91. The number of nitrogens with zero attached hydrogens (tertiary/aromatic N) is 1. The third-order valence-corrected chi connectivity index (χ3v) is 1.85. The molecule has 19 heavy (non-hydrogen) atoms. The largest absolute Gasteiger partial charge is 0.494 e. The van der Waals surface area contributed by atoms with Crippen LogP contribution >= 0.6 is 0 Å². The van der Waals surface area contributed by atoms with Crippen LogP contribution in [0.1, 0.15) is 5.56 Å². The molecule has 0 radical (unpaired) electrons. The van der Waals surface area contributed by atoms with E-state index >= 15 is 0 Å². The maximum atomic E-state index is 11.2. The molecule has 0 bridgehead atoms. The Morgan fingerprint density at radius 1 is 1.32 bits per heavy atom. The minimum absolute atomic E-state index is 0.314. The molecule has 0 aliphatic heterocycles. The van der Waals surface area contributed by atoms with Crippen molar-refractivity contribution in [3.8, 4) is 5.88 Å². The summed E-state index contributed by atoms with van der Waals surface area (Å²) >= 11 is 0. The van der Waals surface area contributed by atoms with Crippen LogP contribution in [-0.4, -0.2) is 51.4 Å². The third-order valence-electron chi connectivity index (χ3n) is 1.85. The fraction of sp³-hybridized carbons (Fsp3) is 0.222. The van der Waals surface area contributed by atoms with Crippen molar-refractivity contribution >= 4 is 18.1 Å². The molecule has 1 aromatic rings. The maximum absolute atomic E-state index is 11.2. The van der Waals surface area contributed by atoms with Gasteiger partial charge >= 0.3 is 11.7 Å². The number of carbonyl (C=O) groups is 2. The fourth-order valence-electron chi connectivity index (χ4n) is 1.05. The Balaban J connectivity index is 2.68. The first-order valence-corrected chi connectivity index (χ1v) is 4.94. The normalized spacial score (nSPS) is 10.5. The van der Waals surface area contributed by atoms with Gasteiger partial charge < -0.3 is 15.5 Å². The highest BCUT2D eigenvalue weighted by atomic mass is 16.4. The highest BCUT2D eigenvalue weighted by Crippen LogP contribution is 2.00. The number of carbonyl (C=O) groups excluding carboxylic acids is 1. The number of aromatic amines is 2. The molecule has 1 aromatic heterocycles.